The van der Waals surface area contributed by atoms with Crippen LogP contribution >= 0.6 is 0 Å². The predicted octanol–water partition coefficient (Wildman–Crippen LogP) is 3.46. The van der Waals surface area contributed by atoms with E-state index in [-0.39, 0.29) is 6.42 Å². The number of halogens is 2. The molecule has 0 heterocycles. The second-order valence-corrected chi connectivity index (χ2v) is 4.71. The lowest BCUT2D eigenvalue weighted by Crippen LogP contribution is -2.18. The molecule has 2 N–H and O–H groups in total. The molecule has 0 spiro atoms. The lowest BCUT2D eigenvalue weighted by atomic mass is 10.0. The van der Waals surface area contributed by atoms with Crippen LogP contribution in [0.15, 0.2) is 42.5 Å². The molecule has 2 rings (SSSR count). The third-order valence-corrected chi connectivity index (χ3v) is 3.19. The SMILES string of the molecule is O=C(CCCc1ccc(-c2ccc(F)cc2F)cc1)NO. The van der Waals surface area contributed by atoms with E-state index in [1.165, 1.54) is 12.1 Å². The highest BCUT2D eigenvalue weighted by atomic mass is 19.1. The number of aryl methyl sites for hydroxylation is 1. The summed E-state index contributed by atoms with van der Waals surface area (Å²) in [6.07, 6.45) is 1.53. The molecule has 0 aliphatic rings. The van der Waals surface area contributed by atoms with Gasteiger partial charge in [-0.2, -0.15) is 0 Å². The van der Waals surface area contributed by atoms with Crippen molar-refractivity contribution in [2.24, 2.45) is 0 Å². The van der Waals surface area contributed by atoms with E-state index in [9.17, 15) is 13.6 Å². The van der Waals surface area contributed by atoms with Gasteiger partial charge >= 0.3 is 0 Å². The van der Waals surface area contributed by atoms with Crippen molar-refractivity contribution in [3.8, 4) is 11.1 Å². The Bertz CT molecular complexity index is 627. The monoisotopic (exact) mass is 291 g/mol. The van der Waals surface area contributed by atoms with E-state index in [2.05, 4.69) is 0 Å². The van der Waals surface area contributed by atoms with E-state index in [0.717, 1.165) is 11.6 Å². The summed E-state index contributed by atoms with van der Waals surface area (Å²) in [6, 6.07) is 10.7. The molecule has 2 aromatic carbocycles. The highest BCUT2D eigenvalue weighted by Crippen LogP contribution is 2.24. The minimum atomic E-state index is -0.602. The second-order valence-electron chi connectivity index (χ2n) is 4.71. The van der Waals surface area contributed by atoms with E-state index in [4.69, 9.17) is 5.21 Å². The Morgan fingerprint density at radius 2 is 1.81 bits per heavy atom. The van der Waals surface area contributed by atoms with E-state index in [0.29, 0.717) is 24.0 Å². The van der Waals surface area contributed by atoms with E-state index in [1.54, 1.807) is 17.6 Å². The molecule has 3 nitrogen and oxygen atoms in total. The molecule has 0 unspecified atom stereocenters. The Labute approximate surface area is 121 Å². The summed E-state index contributed by atoms with van der Waals surface area (Å²) in [6.45, 7) is 0. The molecule has 5 heteroatoms. The maximum absolute atomic E-state index is 13.7. The maximum atomic E-state index is 13.7. The molecule has 0 atom stereocenters. The zero-order chi connectivity index (χ0) is 15.2. The van der Waals surface area contributed by atoms with Gasteiger partial charge in [0.25, 0.3) is 0 Å². The van der Waals surface area contributed by atoms with Crippen LogP contribution in [-0.4, -0.2) is 11.1 Å². The Kier molecular flexibility index (Phi) is 5.00. The van der Waals surface area contributed by atoms with Crippen LogP contribution in [0.3, 0.4) is 0 Å². The van der Waals surface area contributed by atoms with Crippen LogP contribution in [0.1, 0.15) is 18.4 Å². The molecule has 2 aromatic rings. The van der Waals surface area contributed by atoms with Gasteiger partial charge in [-0.05, 0) is 36.1 Å². The molecular formula is C16H15F2NO2. The van der Waals surface area contributed by atoms with Gasteiger partial charge in [-0.25, -0.2) is 14.3 Å². The molecule has 0 fully saturated rings. The van der Waals surface area contributed by atoms with E-state index in [1.807, 2.05) is 12.1 Å². The summed E-state index contributed by atoms with van der Waals surface area (Å²) in [5.74, 6) is -1.61. The van der Waals surface area contributed by atoms with E-state index < -0.39 is 17.5 Å². The van der Waals surface area contributed by atoms with E-state index >= 15 is 0 Å². The van der Waals surface area contributed by atoms with Crippen LogP contribution in [0.5, 0.6) is 0 Å². The number of hydrogen-bond donors (Lipinski definition) is 2. The second kappa shape index (κ2) is 6.95. The van der Waals surface area contributed by atoms with Crippen molar-refractivity contribution in [1.29, 1.82) is 0 Å². The predicted molar refractivity (Wildman–Crippen MR) is 74.7 cm³/mol. The number of hydroxylamine groups is 1. The van der Waals surface area contributed by atoms with Crippen molar-refractivity contribution in [3.05, 3.63) is 59.7 Å². The number of hydrogen-bond acceptors (Lipinski definition) is 2. The summed E-state index contributed by atoms with van der Waals surface area (Å²) in [7, 11) is 0. The topological polar surface area (TPSA) is 49.3 Å². The standard InChI is InChI=1S/C16H15F2NO2/c17-13-8-9-14(15(18)10-13)12-6-4-11(5-7-12)2-1-3-16(20)19-21/h4-10,21H,1-3H2,(H,19,20). The van der Waals surface area contributed by atoms with Gasteiger partial charge in [0, 0.05) is 18.1 Å². The first-order chi connectivity index (χ1) is 10.1. The van der Waals surface area contributed by atoms with Crippen LogP contribution in [0.25, 0.3) is 11.1 Å². The Morgan fingerprint density at radius 3 is 2.43 bits per heavy atom. The third kappa shape index (κ3) is 4.10. The average molecular weight is 291 g/mol. The fourth-order valence-electron chi connectivity index (χ4n) is 2.08. The van der Waals surface area contributed by atoms with Crippen molar-refractivity contribution in [1.82, 2.24) is 5.48 Å². The van der Waals surface area contributed by atoms with Gasteiger partial charge in [-0.1, -0.05) is 24.3 Å². The molecular weight excluding hydrogens is 276 g/mol. The first kappa shape index (κ1) is 15.1. The van der Waals surface area contributed by atoms with Crippen LogP contribution < -0.4 is 5.48 Å². The lowest BCUT2D eigenvalue weighted by molar-refractivity contribution is -0.129. The van der Waals surface area contributed by atoms with Crippen LogP contribution in [0, 0.1) is 11.6 Å². The molecule has 0 saturated heterocycles. The van der Waals surface area contributed by atoms with Crippen molar-refractivity contribution >= 4 is 5.91 Å². The van der Waals surface area contributed by atoms with Crippen LogP contribution in [0.2, 0.25) is 0 Å². The largest absolute Gasteiger partial charge is 0.289 e. The fourth-order valence-corrected chi connectivity index (χ4v) is 2.08. The Morgan fingerprint density at radius 1 is 1.10 bits per heavy atom. The number of benzene rings is 2. The smallest absolute Gasteiger partial charge is 0.243 e. The molecule has 110 valence electrons. The number of rotatable bonds is 5. The summed E-state index contributed by atoms with van der Waals surface area (Å²) >= 11 is 0. The Balaban J connectivity index is 2.03. The summed E-state index contributed by atoms with van der Waals surface area (Å²) in [4.78, 5) is 10.9. The molecule has 0 aliphatic heterocycles. The minimum Gasteiger partial charge on any atom is -0.289 e. The zero-order valence-corrected chi connectivity index (χ0v) is 11.3. The summed E-state index contributed by atoms with van der Waals surface area (Å²) in [5, 5.41) is 8.38. The maximum Gasteiger partial charge on any atom is 0.243 e. The van der Waals surface area contributed by atoms with Crippen LogP contribution in [0.4, 0.5) is 8.78 Å². The highest BCUT2D eigenvalue weighted by molar-refractivity contribution is 5.74. The number of nitrogens with one attached hydrogen (secondary N) is 1. The minimum absolute atomic E-state index is 0.241. The molecule has 1 amide bonds. The van der Waals surface area contributed by atoms with Crippen molar-refractivity contribution in [2.45, 2.75) is 19.3 Å². The molecule has 0 radical (unpaired) electrons. The normalized spacial score (nSPS) is 10.4. The fraction of sp³-hybridized carbons (Fsp3) is 0.188. The first-order valence-electron chi connectivity index (χ1n) is 6.57. The number of carbonyl (C=O) groups is 1. The van der Waals surface area contributed by atoms with Gasteiger partial charge in [-0.3, -0.25) is 10.0 Å². The van der Waals surface area contributed by atoms with Crippen molar-refractivity contribution in [2.75, 3.05) is 0 Å². The van der Waals surface area contributed by atoms with Crippen LogP contribution in [-0.2, 0) is 11.2 Å². The van der Waals surface area contributed by atoms with Gasteiger partial charge in [-0.15, -0.1) is 0 Å². The quantitative estimate of drug-likeness (QED) is 0.654. The summed E-state index contributed by atoms with van der Waals surface area (Å²) in [5.41, 5.74) is 3.61. The van der Waals surface area contributed by atoms with Gasteiger partial charge < -0.3 is 0 Å². The molecule has 0 aromatic heterocycles. The Hall–Kier alpha value is -2.27. The number of carbonyl (C=O) groups excluding carboxylic acids is 1. The highest BCUT2D eigenvalue weighted by Gasteiger charge is 2.06. The van der Waals surface area contributed by atoms with Gasteiger partial charge in [0.15, 0.2) is 0 Å². The van der Waals surface area contributed by atoms with Gasteiger partial charge in [0.05, 0.1) is 0 Å². The third-order valence-electron chi connectivity index (χ3n) is 3.19. The van der Waals surface area contributed by atoms with Gasteiger partial charge in [0.1, 0.15) is 11.6 Å². The molecule has 21 heavy (non-hydrogen) atoms. The average Bonchev–Trinajstić information content (AvgIpc) is 2.48. The van der Waals surface area contributed by atoms with Gasteiger partial charge in [0.2, 0.25) is 5.91 Å². The van der Waals surface area contributed by atoms with Crippen molar-refractivity contribution in [3.63, 3.8) is 0 Å². The molecule has 0 bridgehead atoms. The molecule has 0 aliphatic carbocycles. The summed E-state index contributed by atoms with van der Waals surface area (Å²) < 4.78 is 26.5. The molecule has 0 saturated carbocycles. The first-order valence-corrected chi connectivity index (χ1v) is 6.57. The zero-order valence-electron chi connectivity index (χ0n) is 11.3. The number of amides is 1. The lowest BCUT2D eigenvalue weighted by Gasteiger charge is -2.06. The van der Waals surface area contributed by atoms with Crippen molar-refractivity contribution < 1.29 is 18.8 Å².